The maximum Gasteiger partial charge on any atom is 0.228 e. The van der Waals surface area contributed by atoms with Crippen molar-refractivity contribution in [1.29, 1.82) is 0 Å². The number of anilines is 1. The minimum atomic E-state index is -0.00794. The molecule has 0 radical (unpaired) electrons. The van der Waals surface area contributed by atoms with E-state index in [1.165, 1.54) is 0 Å². The van der Waals surface area contributed by atoms with Crippen LogP contribution in [-0.4, -0.2) is 5.91 Å². The maximum absolute atomic E-state index is 11.8. The SMILES string of the molecule is O=C(Cc1ccsc1)Nc1ccc(Br)cc1Br. The lowest BCUT2D eigenvalue weighted by atomic mass is 10.2. The summed E-state index contributed by atoms with van der Waals surface area (Å²) in [7, 11) is 0. The molecule has 5 heteroatoms. The number of halogens is 2. The van der Waals surface area contributed by atoms with Crippen LogP contribution in [0.15, 0.2) is 44.0 Å². The third-order valence-corrected chi connectivity index (χ3v) is 4.03. The predicted molar refractivity (Wildman–Crippen MR) is 78.5 cm³/mol. The number of rotatable bonds is 3. The number of carbonyl (C=O) groups excluding carboxylic acids is 1. The van der Waals surface area contributed by atoms with Gasteiger partial charge < -0.3 is 5.32 Å². The van der Waals surface area contributed by atoms with Crippen LogP contribution in [-0.2, 0) is 11.2 Å². The molecule has 0 atom stereocenters. The zero-order valence-electron chi connectivity index (χ0n) is 8.74. The third kappa shape index (κ3) is 3.66. The van der Waals surface area contributed by atoms with E-state index in [1.807, 2.05) is 35.0 Å². The van der Waals surface area contributed by atoms with Crippen molar-refractivity contribution in [3.63, 3.8) is 0 Å². The van der Waals surface area contributed by atoms with Gasteiger partial charge in [-0.15, -0.1) is 0 Å². The van der Waals surface area contributed by atoms with Gasteiger partial charge in [0.05, 0.1) is 12.1 Å². The van der Waals surface area contributed by atoms with Gasteiger partial charge in [-0.3, -0.25) is 4.79 Å². The number of nitrogens with one attached hydrogen (secondary N) is 1. The first-order valence-corrected chi connectivity index (χ1v) is 7.44. The Morgan fingerprint density at radius 2 is 2.12 bits per heavy atom. The lowest BCUT2D eigenvalue weighted by Crippen LogP contribution is -2.14. The summed E-state index contributed by atoms with van der Waals surface area (Å²) < 4.78 is 1.84. The van der Waals surface area contributed by atoms with Gasteiger partial charge in [-0.2, -0.15) is 11.3 Å². The van der Waals surface area contributed by atoms with Gasteiger partial charge in [-0.05, 0) is 56.5 Å². The number of thiophene rings is 1. The highest BCUT2D eigenvalue weighted by molar-refractivity contribution is 9.11. The lowest BCUT2D eigenvalue weighted by Gasteiger charge is -2.07. The quantitative estimate of drug-likeness (QED) is 0.844. The van der Waals surface area contributed by atoms with E-state index in [2.05, 4.69) is 37.2 Å². The van der Waals surface area contributed by atoms with Crippen LogP contribution in [0.25, 0.3) is 0 Å². The van der Waals surface area contributed by atoms with Crippen molar-refractivity contribution in [1.82, 2.24) is 0 Å². The first-order chi connectivity index (χ1) is 8.15. The molecule has 17 heavy (non-hydrogen) atoms. The topological polar surface area (TPSA) is 29.1 Å². The molecule has 2 aromatic rings. The van der Waals surface area contributed by atoms with Gasteiger partial charge in [0.15, 0.2) is 0 Å². The third-order valence-electron chi connectivity index (χ3n) is 2.15. The summed E-state index contributed by atoms with van der Waals surface area (Å²) in [5.74, 6) is -0.00794. The Bertz CT molecular complexity index is 525. The van der Waals surface area contributed by atoms with Crippen LogP contribution < -0.4 is 5.32 Å². The van der Waals surface area contributed by atoms with Crippen LogP contribution in [0, 0.1) is 0 Å². The average Bonchev–Trinajstić information content (AvgIpc) is 2.75. The zero-order chi connectivity index (χ0) is 12.3. The number of benzene rings is 1. The highest BCUT2D eigenvalue weighted by Gasteiger charge is 2.07. The predicted octanol–water partition coefficient (Wildman–Crippen LogP) is 4.45. The normalized spacial score (nSPS) is 10.2. The van der Waals surface area contributed by atoms with Crippen molar-refractivity contribution in [2.45, 2.75) is 6.42 Å². The molecule has 0 aliphatic heterocycles. The summed E-state index contributed by atoms with van der Waals surface area (Å²) in [5.41, 5.74) is 1.83. The lowest BCUT2D eigenvalue weighted by molar-refractivity contribution is -0.115. The Morgan fingerprint density at radius 1 is 1.29 bits per heavy atom. The molecule has 0 aliphatic carbocycles. The van der Waals surface area contributed by atoms with Gasteiger partial charge in [0.2, 0.25) is 5.91 Å². The van der Waals surface area contributed by atoms with Crippen LogP contribution >= 0.6 is 43.2 Å². The van der Waals surface area contributed by atoms with Crippen molar-refractivity contribution in [2.24, 2.45) is 0 Å². The van der Waals surface area contributed by atoms with Crippen LogP contribution in [0.2, 0.25) is 0 Å². The van der Waals surface area contributed by atoms with Crippen LogP contribution in [0.1, 0.15) is 5.56 Å². The average molecular weight is 375 g/mol. The first kappa shape index (κ1) is 12.8. The minimum Gasteiger partial charge on any atom is -0.325 e. The fraction of sp³-hybridized carbons (Fsp3) is 0.0833. The summed E-state index contributed by atoms with van der Waals surface area (Å²) in [6.45, 7) is 0. The highest BCUT2D eigenvalue weighted by Crippen LogP contribution is 2.26. The molecular formula is C12H9Br2NOS. The van der Waals surface area contributed by atoms with E-state index in [1.54, 1.807) is 11.3 Å². The Kier molecular flexibility index (Phi) is 4.36. The van der Waals surface area contributed by atoms with E-state index in [0.29, 0.717) is 6.42 Å². The molecule has 0 bridgehead atoms. The number of hydrogen-bond donors (Lipinski definition) is 1. The van der Waals surface area contributed by atoms with Gasteiger partial charge >= 0.3 is 0 Å². The smallest absolute Gasteiger partial charge is 0.228 e. The van der Waals surface area contributed by atoms with E-state index in [-0.39, 0.29) is 5.91 Å². The van der Waals surface area contributed by atoms with E-state index >= 15 is 0 Å². The first-order valence-electron chi connectivity index (χ1n) is 4.91. The molecule has 0 unspecified atom stereocenters. The minimum absolute atomic E-state index is 0.00794. The summed E-state index contributed by atoms with van der Waals surface area (Å²) in [6, 6.07) is 7.62. The fourth-order valence-electron chi connectivity index (χ4n) is 1.36. The molecule has 0 saturated heterocycles. The number of hydrogen-bond acceptors (Lipinski definition) is 2. The molecule has 1 aromatic heterocycles. The monoisotopic (exact) mass is 373 g/mol. The molecule has 88 valence electrons. The summed E-state index contributed by atoms with van der Waals surface area (Å²) in [5, 5.41) is 6.83. The van der Waals surface area contributed by atoms with E-state index < -0.39 is 0 Å². The van der Waals surface area contributed by atoms with Crippen LogP contribution in [0.5, 0.6) is 0 Å². The van der Waals surface area contributed by atoms with Crippen molar-refractivity contribution >= 4 is 54.8 Å². The van der Waals surface area contributed by atoms with E-state index in [9.17, 15) is 4.79 Å². The van der Waals surface area contributed by atoms with Gasteiger partial charge in [-0.25, -0.2) is 0 Å². The molecule has 0 fully saturated rings. The molecule has 0 spiro atoms. The standard InChI is InChI=1S/C12H9Br2NOS/c13-9-1-2-11(10(14)6-9)15-12(16)5-8-3-4-17-7-8/h1-4,6-7H,5H2,(H,15,16). The largest absolute Gasteiger partial charge is 0.325 e. The summed E-state index contributed by atoms with van der Waals surface area (Å²) in [4.78, 5) is 11.8. The Balaban J connectivity index is 2.03. The van der Waals surface area contributed by atoms with Crippen LogP contribution in [0.4, 0.5) is 5.69 Å². The maximum atomic E-state index is 11.8. The van der Waals surface area contributed by atoms with Gasteiger partial charge in [0.1, 0.15) is 0 Å². The van der Waals surface area contributed by atoms with Crippen LogP contribution in [0.3, 0.4) is 0 Å². The molecule has 1 aromatic carbocycles. The molecule has 1 amide bonds. The molecular weight excluding hydrogens is 366 g/mol. The fourth-order valence-corrected chi connectivity index (χ4v) is 3.18. The second-order valence-electron chi connectivity index (χ2n) is 3.48. The van der Waals surface area contributed by atoms with Crippen molar-refractivity contribution in [3.8, 4) is 0 Å². The Hall–Kier alpha value is -0.650. The molecule has 2 nitrogen and oxygen atoms in total. The highest BCUT2D eigenvalue weighted by atomic mass is 79.9. The van der Waals surface area contributed by atoms with Gasteiger partial charge in [0, 0.05) is 8.95 Å². The summed E-state index contributed by atoms with van der Waals surface area (Å²) in [6.07, 6.45) is 0.409. The second kappa shape index (κ2) is 5.80. The summed E-state index contributed by atoms with van der Waals surface area (Å²) >= 11 is 8.38. The molecule has 1 N–H and O–H groups in total. The molecule has 1 heterocycles. The number of amides is 1. The number of carbonyl (C=O) groups is 1. The van der Waals surface area contributed by atoms with Gasteiger partial charge in [0.25, 0.3) is 0 Å². The Labute approximate surface area is 120 Å². The van der Waals surface area contributed by atoms with Crippen molar-refractivity contribution in [3.05, 3.63) is 49.5 Å². The molecule has 0 saturated carbocycles. The zero-order valence-corrected chi connectivity index (χ0v) is 12.7. The molecule has 2 rings (SSSR count). The van der Waals surface area contributed by atoms with E-state index in [0.717, 1.165) is 20.2 Å². The molecule has 0 aliphatic rings. The van der Waals surface area contributed by atoms with E-state index in [4.69, 9.17) is 0 Å². The second-order valence-corrected chi connectivity index (χ2v) is 6.03. The van der Waals surface area contributed by atoms with Crippen molar-refractivity contribution in [2.75, 3.05) is 5.32 Å². The Morgan fingerprint density at radius 3 is 2.76 bits per heavy atom. The van der Waals surface area contributed by atoms with Gasteiger partial charge in [-0.1, -0.05) is 15.9 Å². The van der Waals surface area contributed by atoms with Crippen molar-refractivity contribution < 1.29 is 4.79 Å².